The van der Waals surface area contributed by atoms with Gasteiger partial charge in [0.2, 0.25) is 0 Å². The molecule has 0 bridgehead atoms. The van der Waals surface area contributed by atoms with Crippen molar-refractivity contribution < 1.29 is 19.4 Å². The molecule has 22 heavy (non-hydrogen) atoms. The molecule has 0 radical (unpaired) electrons. The first-order chi connectivity index (χ1) is 10.6. The average Bonchev–Trinajstić information content (AvgIpc) is 2.65. The summed E-state index contributed by atoms with van der Waals surface area (Å²) < 4.78 is 4.90. The lowest BCUT2D eigenvalue weighted by Gasteiger charge is -2.26. The molecule has 0 spiro atoms. The predicted octanol–water partition coefficient (Wildman–Crippen LogP) is 1.20. The average molecular weight is 324 g/mol. The minimum Gasteiger partial charge on any atom is -0.480 e. The quantitative estimate of drug-likeness (QED) is 0.761. The fraction of sp³-hybridized carbons (Fsp3) is 0.467. The number of thioether (sulfide) groups is 1. The van der Waals surface area contributed by atoms with Gasteiger partial charge < -0.3 is 20.1 Å². The number of rotatable bonds is 6. The Kier molecular flexibility index (Phi) is 6.09. The van der Waals surface area contributed by atoms with Crippen LogP contribution < -0.4 is 10.2 Å². The summed E-state index contributed by atoms with van der Waals surface area (Å²) in [4.78, 5) is 25.4. The van der Waals surface area contributed by atoms with Gasteiger partial charge in [0.15, 0.2) is 0 Å². The molecular formula is C15H20N2O4S. The van der Waals surface area contributed by atoms with Crippen LogP contribution in [-0.4, -0.2) is 55.1 Å². The number of carbonyl (C=O) groups excluding carboxylic acids is 1. The lowest BCUT2D eigenvalue weighted by atomic mass is 10.2. The Morgan fingerprint density at radius 2 is 2.23 bits per heavy atom. The third-order valence-electron chi connectivity index (χ3n) is 3.25. The van der Waals surface area contributed by atoms with Crippen molar-refractivity contribution in [2.24, 2.45) is 0 Å². The van der Waals surface area contributed by atoms with E-state index in [4.69, 9.17) is 9.84 Å². The molecule has 6 nitrogen and oxygen atoms in total. The van der Waals surface area contributed by atoms with E-state index in [2.05, 4.69) is 5.32 Å². The molecule has 1 aromatic rings. The number of hydrogen-bond donors (Lipinski definition) is 2. The van der Waals surface area contributed by atoms with Gasteiger partial charge >= 0.3 is 11.9 Å². The van der Waals surface area contributed by atoms with Gasteiger partial charge in [-0.3, -0.25) is 9.59 Å². The third-order valence-corrected chi connectivity index (χ3v) is 4.48. The highest BCUT2D eigenvalue weighted by molar-refractivity contribution is 7.99. The zero-order chi connectivity index (χ0) is 15.9. The number of nitrogens with one attached hydrogen (secondary N) is 1. The van der Waals surface area contributed by atoms with Crippen LogP contribution in [0.15, 0.2) is 29.2 Å². The number of carbonyl (C=O) groups is 2. The molecule has 0 aromatic heterocycles. The summed E-state index contributed by atoms with van der Waals surface area (Å²) in [6.45, 7) is 2.74. The number of esters is 1. The van der Waals surface area contributed by atoms with Crippen LogP contribution in [0.1, 0.15) is 6.92 Å². The van der Waals surface area contributed by atoms with Gasteiger partial charge in [0.1, 0.15) is 6.54 Å². The number of hydrogen-bond acceptors (Lipinski definition) is 6. The first kappa shape index (κ1) is 16.6. The number of aliphatic carboxylic acids is 1. The van der Waals surface area contributed by atoms with E-state index in [0.29, 0.717) is 13.2 Å². The van der Waals surface area contributed by atoms with Gasteiger partial charge in [0, 0.05) is 23.2 Å². The van der Waals surface area contributed by atoms with Crippen LogP contribution in [0, 0.1) is 0 Å². The van der Waals surface area contributed by atoms with E-state index < -0.39 is 5.97 Å². The first-order valence-corrected chi connectivity index (χ1v) is 8.16. The third kappa shape index (κ3) is 4.64. The Morgan fingerprint density at radius 1 is 1.45 bits per heavy atom. The van der Waals surface area contributed by atoms with Crippen LogP contribution in [0.3, 0.4) is 0 Å². The van der Waals surface area contributed by atoms with Gasteiger partial charge in [-0.1, -0.05) is 12.1 Å². The number of carboxylic acids is 1. The van der Waals surface area contributed by atoms with Gasteiger partial charge in [-0.15, -0.1) is 11.8 Å². The highest BCUT2D eigenvalue weighted by Gasteiger charge is 2.24. The molecule has 0 saturated heterocycles. The number of fused-ring (bicyclic) bond motifs is 1. The summed E-state index contributed by atoms with van der Waals surface area (Å²) in [6, 6.07) is 7.78. The normalized spacial score (nSPS) is 17.5. The number of ether oxygens (including phenoxy) is 1. The van der Waals surface area contributed by atoms with E-state index in [1.807, 2.05) is 29.2 Å². The summed E-state index contributed by atoms with van der Waals surface area (Å²) in [5.74, 6) is -0.392. The molecule has 0 saturated carbocycles. The fourth-order valence-corrected chi connectivity index (χ4v) is 3.45. The number of para-hydroxylation sites is 1. The van der Waals surface area contributed by atoms with Crippen molar-refractivity contribution in [3.63, 3.8) is 0 Å². The Morgan fingerprint density at radius 3 is 2.95 bits per heavy atom. The molecule has 1 aliphatic rings. The summed E-state index contributed by atoms with van der Waals surface area (Å²) in [7, 11) is 0. The molecule has 0 amide bonds. The summed E-state index contributed by atoms with van der Waals surface area (Å²) in [5.41, 5.74) is 0.926. The Balaban J connectivity index is 2.05. The molecular weight excluding hydrogens is 304 g/mol. The molecule has 1 aromatic carbocycles. The van der Waals surface area contributed by atoms with Gasteiger partial charge in [-0.2, -0.15) is 0 Å². The van der Waals surface area contributed by atoms with Gasteiger partial charge in [0.05, 0.1) is 18.8 Å². The second-order valence-corrected chi connectivity index (χ2v) is 6.00. The lowest BCUT2D eigenvalue weighted by Crippen LogP contribution is -2.45. The molecule has 1 heterocycles. The van der Waals surface area contributed by atoms with E-state index >= 15 is 0 Å². The monoisotopic (exact) mass is 324 g/mol. The summed E-state index contributed by atoms with van der Waals surface area (Å²) in [5, 5.41) is 12.3. The topological polar surface area (TPSA) is 78.9 Å². The molecule has 1 aliphatic heterocycles. The largest absolute Gasteiger partial charge is 0.480 e. The number of anilines is 1. The lowest BCUT2D eigenvalue weighted by molar-refractivity contribution is -0.142. The van der Waals surface area contributed by atoms with Crippen molar-refractivity contribution in [3.05, 3.63) is 24.3 Å². The molecule has 0 fully saturated rings. The van der Waals surface area contributed by atoms with Crippen LogP contribution >= 0.6 is 11.8 Å². The van der Waals surface area contributed by atoms with Crippen LogP contribution in [0.4, 0.5) is 5.69 Å². The van der Waals surface area contributed by atoms with Crippen molar-refractivity contribution in [1.29, 1.82) is 0 Å². The van der Waals surface area contributed by atoms with Crippen LogP contribution in [-0.2, 0) is 14.3 Å². The zero-order valence-electron chi connectivity index (χ0n) is 12.4. The van der Waals surface area contributed by atoms with E-state index in [1.165, 1.54) is 0 Å². The molecule has 1 unspecified atom stereocenters. The van der Waals surface area contributed by atoms with Crippen LogP contribution in [0.25, 0.3) is 0 Å². The highest BCUT2D eigenvalue weighted by atomic mass is 32.2. The minimum absolute atomic E-state index is 0.0150. The highest BCUT2D eigenvalue weighted by Crippen LogP contribution is 2.33. The Labute approximate surface area is 133 Å². The van der Waals surface area contributed by atoms with Crippen molar-refractivity contribution in [2.45, 2.75) is 17.9 Å². The van der Waals surface area contributed by atoms with Crippen molar-refractivity contribution in [3.8, 4) is 0 Å². The molecule has 2 rings (SSSR count). The molecule has 0 aliphatic carbocycles. The van der Waals surface area contributed by atoms with Crippen molar-refractivity contribution >= 4 is 29.4 Å². The molecule has 2 N–H and O–H groups in total. The number of benzene rings is 1. The first-order valence-electron chi connectivity index (χ1n) is 7.17. The second kappa shape index (κ2) is 8.05. The fourth-order valence-electron chi connectivity index (χ4n) is 2.32. The predicted molar refractivity (Wildman–Crippen MR) is 85.4 cm³/mol. The maximum absolute atomic E-state index is 11.4. The smallest absolute Gasteiger partial charge is 0.323 e. The standard InChI is InChI=1S/C15H20N2O4S/c1-2-21-15(20)7-16-11-8-17(9-14(18)19)12-5-3-4-6-13(12)22-10-11/h3-6,11,16H,2,7-10H2,1H3,(H,18,19). The Bertz CT molecular complexity index is 538. The van der Waals surface area contributed by atoms with Crippen LogP contribution in [0.2, 0.25) is 0 Å². The van der Waals surface area contributed by atoms with Crippen molar-refractivity contribution in [1.82, 2.24) is 5.32 Å². The van der Waals surface area contributed by atoms with E-state index in [9.17, 15) is 9.59 Å². The number of carboxylic acid groups (broad SMARTS) is 1. The van der Waals surface area contributed by atoms with Gasteiger partial charge in [0.25, 0.3) is 0 Å². The van der Waals surface area contributed by atoms with Gasteiger partial charge in [-0.05, 0) is 19.1 Å². The maximum atomic E-state index is 11.4. The summed E-state index contributed by atoms with van der Waals surface area (Å²) >= 11 is 1.66. The number of nitrogens with zero attached hydrogens (tertiary/aromatic N) is 1. The summed E-state index contributed by atoms with van der Waals surface area (Å²) in [6.07, 6.45) is 0. The maximum Gasteiger partial charge on any atom is 0.323 e. The molecule has 1 atom stereocenters. The van der Waals surface area contributed by atoms with Gasteiger partial charge in [-0.25, -0.2) is 0 Å². The SMILES string of the molecule is CCOC(=O)CNC1CSc2ccccc2N(CC(=O)O)C1. The van der Waals surface area contributed by atoms with Crippen molar-refractivity contribution in [2.75, 3.05) is 36.9 Å². The van der Waals surface area contributed by atoms with E-state index in [1.54, 1.807) is 18.7 Å². The minimum atomic E-state index is -0.870. The zero-order valence-corrected chi connectivity index (χ0v) is 13.3. The Hall–Kier alpha value is -1.73. The van der Waals surface area contributed by atoms with E-state index in [0.717, 1.165) is 16.3 Å². The molecule has 120 valence electrons. The van der Waals surface area contributed by atoms with Crippen LogP contribution in [0.5, 0.6) is 0 Å². The second-order valence-electron chi connectivity index (χ2n) is 4.94. The molecule has 7 heteroatoms. The van der Waals surface area contributed by atoms with E-state index in [-0.39, 0.29) is 25.1 Å².